The summed E-state index contributed by atoms with van der Waals surface area (Å²) in [7, 11) is 0. The van der Waals surface area contributed by atoms with Gasteiger partial charge in [-0.15, -0.1) is 11.8 Å². The number of esters is 1. The Kier molecular flexibility index (Phi) is 7.73. The van der Waals surface area contributed by atoms with Crippen LogP contribution in [0.5, 0.6) is 0 Å². The largest absolute Gasteiger partial charge is 0.461 e. The molecular formula is C15H18O2S. The van der Waals surface area contributed by atoms with Crippen molar-refractivity contribution in [2.75, 3.05) is 12.4 Å². The molecule has 1 rings (SSSR count). The minimum absolute atomic E-state index is 0.171. The molecule has 1 aromatic carbocycles. The number of thioether (sulfide) groups is 1. The number of allylic oxidation sites excluding steroid dienone is 1. The van der Waals surface area contributed by atoms with Crippen molar-refractivity contribution in [3.63, 3.8) is 0 Å². The van der Waals surface area contributed by atoms with E-state index in [0.717, 1.165) is 12.2 Å². The summed E-state index contributed by atoms with van der Waals surface area (Å²) in [6, 6.07) is 10.2. The summed E-state index contributed by atoms with van der Waals surface area (Å²) in [5, 5.41) is 0. The zero-order chi connectivity index (χ0) is 13.1. The van der Waals surface area contributed by atoms with Crippen LogP contribution in [0.25, 0.3) is 0 Å². The van der Waals surface area contributed by atoms with Crippen LogP contribution in [0.2, 0.25) is 0 Å². The van der Waals surface area contributed by atoms with Gasteiger partial charge in [0.2, 0.25) is 0 Å². The lowest BCUT2D eigenvalue weighted by molar-refractivity contribution is -0.142. The number of carbonyl (C=O) groups is 1. The van der Waals surface area contributed by atoms with Crippen LogP contribution in [-0.4, -0.2) is 18.3 Å². The zero-order valence-corrected chi connectivity index (χ0v) is 11.2. The molecule has 0 fully saturated rings. The van der Waals surface area contributed by atoms with E-state index in [-0.39, 0.29) is 5.97 Å². The maximum Gasteiger partial charge on any atom is 0.306 e. The van der Waals surface area contributed by atoms with Crippen molar-refractivity contribution >= 4 is 17.7 Å². The third-order valence-corrected chi connectivity index (χ3v) is 3.10. The van der Waals surface area contributed by atoms with Crippen LogP contribution in [-0.2, 0) is 9.53 Å². The molecule has 0 saturated heterocycles. The van der Waals surface area contributed by atoms with Gasteiger partial charge in [-0.2, -0.15) is 0 Å². The number of rotatable bonds is 8. The van der Waals surface area contributed by atoms with Gasteiger partial charge in [-0.25, -0.2) is 0 Å². The summed E-state index contributed by atoms with van der Waals surface area (Å²) in [4.78, 5) is 12.4. The molecule has 0 bridgehead atoms. The van der Waals surface area contributed by atoms with Crippen molar-refractivity contribution in [2.24, 2.45) is 0 Å². The fraction of sp³-hybridized carbons (Fsp3) is 0.267. The van der Waals surface area contributed by atoms with Gasteiger partial charge in [0, 0.05) is 17.1 Å². The Balaban J connectivity index is 2.07. The van der Waals surface area contributed by atoms with Gasteiger partial charge < -0.3 is 4.74 Å². The Morgan fingerprint density at radius 2 is 2.06 bits per heavy atom. The van der Waals surface area contributed by atoms with Crippen molar-refractivity contribution < 1.29 is 9.53 Å². The van der Waals surface area contributed by atoms with Crippen LogP contribution in [0.15, 0.2) is 60.0 Å². The van der Waals surface area contributed by atoms with Gasteiger partial charge in [-0.05, 0) is 18.6 Å². The van der Waals surface area contributed by atoms with Gasteiger partial charge in [-0.3, -0.25) is 4.79 Å². The molecule has 0 N–H and O–H groups in total. The fourth-order valence-corrected chi connectivity index (χ4v) is 2.05. The van der Waals surface area contributed by atoms with Crippen LogP contribution in [0.4, 0.5) is 0 Å². The standard InChI is InChI=1S/C15H18O2S/c1-2-12-17-15(16)11-7-4-8-13-18-14-9-5-3-6-10-14/h2-6,8-10H,1,7,11-13H2. The first-order chi connectivity index (χ1) is 8.83. The predicted molar refractivity (Wildman–Crippen MR) is 76.7 cm³/mol. The molecule has 0 radical (unpaired) electrons. The van der Waals surface area contributed by atoms with Gasteiger partial charge in [0.15, 0.2) is 0 Å². The highest BCUT2D eigenvalue weighted by Gasteiger charge is 1.98. The van der Waals surface area contributed by atoms with E-state index < -0.39 is 0 Å². The first-order valence-electron chi connectivity index (χ1n) is 5.92. The van der Waals surface area contributed by atoms with Gasteiger partial charge in [-0.1, -0.05) is 43.0 Å². The number of carbonyl (C=O) groups excluding carboxylic acids is 1. The smallest absolute Gasteiger partial charge is 0.306 e. The monoisotopic (exact) mass is 262 g/mol. The highest BCUT2D eigenvalue weighted by molar-refractivity contribution is 7.99. The molecule has 3 heteroatoms. The van der Waals surface area contributed by atoms with Crippen LogP contribution < -0.4 is 0 Å². The Morgan fingerprint density at radius 3 is 2.78 bits per heavy atom. The summed E-state index contributed by atoms with van der Waals surface area (Å²) >= 11 is 1.78. The number of ether oxygens (including phenoxy) is 1. The third kappa shape index (κ3) is 6.97. The molecule has 2 nitrogen and oxygen atoms in total. The molecule has 0 unspecified atom stereocenters. The predicted octanol–water partition coefficient (Wildman–Crippen LogP) is 3.84. The minimum Gasteiger partial charge on any atom is -0.461 e. The zero-order valence-electron chi connectivity index (χ0n) is 10.4. The lowest BCUT2D eigenvalue weighted by Crippen LogP contribution is -2.02. The van der Waals surface area contributed by atoms with Crippen molar-refractivity contribution in [1.29, 1.82) is 0 Å². The fourth-order valence-electron chi connectivity index (χ4n) is 1.27. The van der Waals surface area contributed by atoms with E-state index in [1.807, 2.05) is 24.3 Å². The molecule has 96 valence electrons. The summed E-state index contributed by atoms with van der Waals surface area (Å²) in [5.74, 6) is 0.751. The van der Waals surface area contributed by atoms with E-state index in [9.17, 15) is 4.79 Å². The molecule has 0 atom stereocenters. The maximum absolute atomic E-state index is 11.1. The summed E-state index contributed by atoms with van der Waals surface area (Å²) in [6.07, 6.45) is 6.83. The lowest BCUT2D eigenvalue weighted by Gasteiger charge is -1.99. The Hall–Kier alpha value is -1.48. The molecule has 18 heavy (non-hydrogen) atoms. The second kappa shape index (κ2) is 9.54. The molecule has 0 amide bonds. The molecule has 1 aromatic rings. The summed E-state index contributed by atoms with van der Waals surface area (Å²) < 4.78 is 4.87. The Morgan fingerprint density at radius 1 is 1.28 bits per heavy atom. The van der Waals surface area contributed by atoms with Crippen LogP contribution in [0.3, 0.4) is 0 Å². The first-order valence-corrected chi connectivity index (χ1v) is 6.91. The maximum atomic E-state index is 11.1. The van der Waals surface area contributed by atoms with Gasteiger partial charge in [0.05, 0.1) is 0 Å². The van der Waals surface area contributed by atoms with E-state index in [2.05, 4.69) is 24.8 Å². The van der Waals surface area contributed by atoms with Crippen molar-refractivity contribution in [3.8, 4) is 0 Å². The van der Waals surface area contributed by atoms with E-state index >= 15 is 0 Å². The summed E-state index contributed by atoms with van der Waals surface area (Å²) in [6.45, 7) is 3.79. The second-order valence-corrected chi connectivity index (χ2v) is 4.70. The topological polar surface area (TPSA) is 26.3 Å². The van der Waals surface area contributed by atoms with Gasteiger partial charge >= 0.3 is 5.97 Å². The second-order valence-electron chi connectivity index (χ2n) is 3.61. The van der Waals surface area contributed by atoms with Crippen LogP contribution >= 0.6 is 11.8 Å². The average Bonchev–Trinajstić information content (AvgIpc) is 2.41. The summed E-state index contributed by atoms with van der Waals surface area (Å²) in [5.41, 5.74) is 0. The molecule has 0 aliphatic carbocycles. The van der Waals surface area contributed by atoms with Crippen molar-refractivity contribution in [1.82, 2.24) is 0 Å². The highest BCUT2D eigenvalue weighted by Crippen LogP contribution is 2.16. The molecular weight excluding hydrogens is 244 g/mol. The van der Waals surface area contributed by atoms with E-state index in [1.165, 1.54) is 4.90 Å². The molecule has 0 heterocycles. The molecule has 0 aliphatic heterocycles. The van der Waals surface area contributed by atoms with E-state index in [4.69, 9.17) is 4.74 Å². The number of benzene rings is 1. The van der Waals surface area contributed by atoms with Gasteiger partial charge in [0.25, 0.3) is 0 Å². The SMILES string of the molecule is C=CCOC(=O)CCC=CCSc1ccccc1. The van der Waals surface area contributed by atoms with Crippen LogP contribution in [0.1, 0.15) is 12.8 Å². The van der Waals surface area contributed by atoms with Crippen LogP contribution in [0, 0.1) is 0 Å². The third-order valence-electron chi connectivity index (χ3n) is 2.13. The van der Waals surface area contributed by atoms with E-state index in [1.54, 1.807) is 17.8 Å². The Labute approximate surface area is 113 Å². The van der Waals surface area contributed by atoms with Crippen molar-refractivity contribution in [3.05, 3.63) is 55.1 Å². The lowest BCUT2D eigenvalue weighted by atomic mass is 10.3. The van der Waals surface area contributed by atoms with E-state index in [0.29, 0.717) is 13.0 Å². The number of hydrogen-bond donors (Lipinski definition) is 0. The molecule has 0 saturated carbocycles. The first kappa shape index (κ1) is 14.6. The highest BCUT2D eigenvalue weighted by atomic mass is 32.2. The molecule has 0 aliphatic rings. The minimum atomic E-state index is -0.171. The molecule has 0 aromatic heterocycles. The Bertz CT molecular complexity index is 385. The normalized spacial score (nSPS) is 10.4. The molecule has 0 spiro atoms. The average molecular weight is 262 g/mol. The van der Waals surface area contributed by atoms with Gasteiger partial charge in [0.1, 0.15) is 6.61 Å². The quantitative estimate of drug-likeness (QED) is 0.404. The number of hydrogen-bond acceptors (Lipinski definition) is 3. The van der Waals surface area contributed by atoms with Crippen molar-refractivity contribution in [2.45, 2.75) is 17.7 Å².